The van der Waals surface area contributed by atoms with Crippen LogP contribution in [0.2, 0.25) is 0 Å². The normalized spacial score (nSPS) is 12.1. The zero-order valence-corrected chi connectivity index (χ0v) is 12.6. The van der Waals surface area contributed by atoms with E-state index in [1.807, 2.05) is 12.1 Å². The summed E-state index contributed by atoms with van der Waals surface area (Å²) < 4.78 is 18.5. The first-order valence-electron chi connectivity index (χ1n) is 7.43. The lowest BCUT2D eigenvalue weighted by atomic mass is 10.0. The van der Waals surface area contributed by atoms with E-state index in [0.717, 1.165) is 24.3 Å². The summed E-state index contributed by atoms with van der Waals surface area (Å²) in [6, 6.07) is 14.9. The van der Waals surface area contributed by atoms with Gasteiger partial charge in [-0.25, -0.2) is 4.39 Å². The number of benzene rings is 2. The molecule has 0 spiro atoms. The van der Waals surface area contributed by atoms with Gasteiger partial charge in [0.15, 0.2) is 0 Å². The standard InChI is InChI=1S/C18H22FNO/c1-3-18(20-4-2)15-7-11-17(12-8-15)21-13-14-5-9-16(19)10-6-14/h5-12,18,20H,3-4,13H2,1-2H3. The van der Waals surface area contributed by atoms with E-state index in [-0.39, 0.29) is 5.82 Å². The van der Waals surface area contributed by atoms with Gasteiger partial charge in [0.2, 0.25) is 0 Å². The summed E-state index contributed by atoms with van der Waals surface area (Å²) in [4.78, 5) is 0. The van der Waals surface area contributed by atoms with Crippen LogP contribution in [0.5, 0.6) is 5.75 Å². The Labute approximate surface area is 126 Å². The molecule has 0 aliphatic heterocycles. The highest BCUT2D eigenvalue weighted by Gasteiger charge is 2.07. The van der Waals surface area contributed by atoms with E-state index in [2.05, 4.69) is 31.3 Å². The first-order chi connectivity index (χ1) is 10.2. The fourth-order valence-electron chi connectivity index (χ4n) is 2.29. The largest absolute Gasteiger partial charge is 0.489 e. The molecule has 112 valence electrons. The molecule has 21 heavy (non-hydrogen) atoms. The summed E-state index contributed by atoms with van der Waals surface area (Å²) in [6.07, 6.45) is 1.06. The van der Waals surface area contributed by atoms with E-state index in [1.54, 1.807) is 12.1 Å². The molecule has 2 aromatic carbocycles. The topological polar surface area (TPSA) is 21.3 Å². The van der Waals surface area contributed by atoms with Crippen molar-refractivity contribution in [1.82, 2.24) is 5.32 Å². The molecular formula is C18H22FNO. The third-order valence-corrected chi connectivity index (χ3v) is 3.46. The molecule has 2 aromatic rings. The minimum absolute atomic E-state index is 0.225. The van der Waals surface area contributed by atoms with E-state index < -0.39 is 0 Å². The maximum absolute atomic E-state index is 12.8. The first kappa shape index (κ1) is 15.5. The van der Waals surface area contributed by atoms with E-state index >= 15 is 0 Å². The summed E-state index contributed by atoms with van der Waals surface area (Å²) in [5.74, 6) is 0.603. The lowest BCUT2D eigenvalue weighted by Gasteiger charge is -2.16. The Balaban J connectivity index is 1.94. The maximum Gasteiger partial charge on any atom is 0.123 e. The van der Waals surface area contributed by atoms with Crippen molar-refractivity contribution in [3.8, 4) is 5.75 Å². The third kappa shape index (κ3) is 4.57. The highest BCUT2D eigenvalue weighted by molar-refractivity contribution is 5.29. The average Bonchev–Trinajstić information content (AvgIpc) is 2.53. The zero-order chi connectivity index (χ0) is 15.1. The van der Waals surface area contributed by atoms with Crippen LogP contribution < -0.4 is 10.1 Å². The molecule has 0 bridgehead atoms. The van der Waals surface area contributed by atoms with Crippen molar-refractivity contribution >= 4 is 0 Å². The van der Waals surface area contributed by atoms with Crippen LogP contribution in [0.1, 0.15) is 37.4 Å². The van der Waals surface area contributed by atoms with Crippen molar-refractivity contribution in [2.45, 2.75) is 32.9 Å². The van der Waals surface area contributed by atoms with E-state index in [1.165, 1.54) is 17.7 Å². The van der Waals surface area contributed by atoms with Crippen LogP contribution in [-0.4, -0.2) is 6.54 Å². The van der Waals surface area contributed by atoms with Crippen molar-refractivity contribution in [3.63, 3.8) is 0 Å². The zero-order valence-electron chi connectivity index (χ0n) is 12.6. The Hall–Kier alpha value is -1.87. The monoisotopic (exact) mass is 287 g/mol. The average molecular weight is 287 g/mol. The molecule has 0 aromatic heterocycles. The van der Waals surface area contributed by atoms with Gasteiger partial charge in [-0.15, -0.1) is 0 Å². The molecule has 1 unspecified atom stereocenters. The summed E-state index contributed by atoms with van der Waals surface area (Å²) in [5.41, 5.74) is 2.23. The Morgan fingerprint density at radius 1 is 1.00 bits per heavy atom. The Morgan fingerprint density at radius 3 is 2.24 bits per heavy atom. The Morgan fingerprint density at radius 2 is 1.67 bits per heavy atom. The lowest BCUT2D eigenvalue weighted by molar-refractivity contribution is 0.306. The smallest absolute Gasteiger partial charge is 0.123 e. The Bertz CT molecular complexity index is 536. The third-order valence-electron chi connectivity index (χ3n) is 3.46. The van der Waals surface area contributed by atoms with E-state index in [9.17, 15) is 4.39 Å². The van der Waals surface area contributed by atoms with Gasteiger partial charge in [0, 0.05) is 6.04 Å². The van der Waals surface area contributed by atoms with Gasteiger partial charge in [-0.1, -0.05) is 38.1 Å². The molecule has 0 aliphatic rings. The Kier molecular flexibility index (Phi) is 5.76. The molecule has 0 aliphatic carbocycles. The summed E-state index contributed by atoms with van der Waals surface area (Å²) in [6.45, 7) is 5.69. The second-order valence-corrected chi connectivity index (χ2v) is 5.00. The first-order valence-corrected chi connectivity index (χ1v) is 7.43. The highest BCUT2D eigenvalue weighted by Crippen LogP contribution is 2.20. The summed E-state index contributed by atoms with van der Waals surface area (Å²) >= 11 is 0. The van der Waals surface area contributed by atoms with Crippen LogP contribution in [0, 0.1) is 5.82 Å². The second kappa shape index (κ2) is 7.79. The fraction of sp³-hybridized carbons (Fsp3) is 0.333. The number of nitrogens with one attached hydrogen (secondary N) is 1. The van der Waals surface area contributed by atoms with Crippen LogP contribution in [0.4, 0.5) is 4.39 Å². The van der Waals surface area contributed by atoms with Crippen LogP contribution >= 0.6 is 0 Å². The molecule has 0 fully saturated rings. The minimum Gasteiger partial charge on any atom is -0.489 e. The summed E-state index contributed by atoms with van der Waals surface area (Å²) in [7, 11) is 0. The van der Waals surface area contributed by atoms with Gasteiger partial charge in [0.25, 0.3) is 0 Å². The van der Waals surface area contributed by atoms with Crippen molar-refractivity contribution in [3.05, 3.63) is 65.5 Å². The van der Waals surface area contributed by atoms with E-state index in [4.69, 9.17) is 4.74 Å². The highest BCUT2D eigenvalue weighted by atomic mass is 19.1. The number of hydrogen-bond donors (Lipinski definition) is 1. The lowest BCUT2D eigenvalue weighted by Crippen LogP contribution is -2.19. The van der Waals surface area contributed by atoms with Crippen LogP contribution in [0.25, 0.3) is 0 Å². The quantitative estimate of drug-likeness (QED) is 0.811. The van der Waals surface area contributed by atoms with Crippen molar-refractivity contribution < 1.29 is 9.13 Å². The van der Waals surface area contributed by atoms with Gasteiger partial charge in [-0.2, -0.15) is 0 Å². The fourth-order valence-corrected chi connectivity index (χ4v) is 2.29. The molecule has 1 atom stereocenters. The molecular weight excluding hydrogens is 265 g/mol. The SMILES string of the molecule is CCNC(CC)c1ccc(OCc2ccc(F)cc2)cc1. The van der Waals surface area contributed by atoms with Gasteiger partial charge in [-0.05, 0) is 48.4 Å². The van der Waals surface area contributed by atoms with Gasteiger partial charge < -0.3 is 10.1 Å². The van der Waals surface area contributed by atoms with Crippen molar-refractivity contribution in [2.24, 2.45) is 0 Å². The molecule has 0 heterocycles. The number of hydrogen-bond acceptors (Lipinski definition) is 2. The van der Waals surface area contributed by atoms with Crippen LogP contribution in [0.3, 0.4) is 0 Å². The molecule has 0 amide bonds. The predicted octanol–water partition coefficient (Wildman–Crippen LogP) is 4.47. The predicted molar refractivity (Wildman–Crippen MR) is 83.9 cm³/mol. The number of rotatable bonds is 7. The van der Waals surface area contributed by atoms with Gasteiger partial charge >= 0.3 is 0 Å². The number of ether oxygens (including phenoxy) is 1. The molecule has 0 saturated heterocycles. The molecule has 2 nitrogen and oxygen atoms in total. The van der Waals surface area contributed by atoms with Crippen LogP contribution in [0.15, 0.2) is 48.5 Å². The van der Waals surface area contributed by atoms with Gasteiger partial charge in [0.05, 0.1) is 0 Å². The van der Waals surface area contributed by atoms with Crippen LogP contribution in [-0.2, 0) is 6.61 Å². The molecule has 1 N–H and O–H groups in total. The van der Waals surface area contributed by atoms with Crippen molar-refractivity contribution in [2.75, 3.05) is 6.54 Å². The van der Waals surface area contributed by atoms with E-state index in [0.29, 0.717) is 12.6 Å². The van der Waals surface area contributed by atoms with Gasteiger partial charge in [0.1, 0.15) is 18.2 Å². The second-order valence-electron chi connectivity index (χ2n) is 5.00. The van der Waals surface area contributed by atoms with Crippen molar-refractivity contribution in [1.29, 1.82) is 0 Å². The minimum atomic E-state index is -0.225. The molecule has 0 radical (unpaired) electrons. The summed E-state index contributed by atoms with van der Waals surface area (Å²) in [5, 5.41) is 3.45. The molecule has 3 heteroatoms. The molecule has 2 rings (SSSR count). The van der Waals surface area contributed by atoms with Gasteiger partial charge in [-0.3, -0.25) is 0 Å². The maximum atomic E-state index is 12.8. The number of halogens is 1. The molecule has 0 saturated carbocycles.